The summed E-state index contributed by atoms with van der Waals surface area (Å²) in [7, 11) is 0. The molecule has 0 aliphatic carbocycles. The normalized spacial score (nSPS) is 14.1. The van der Waals surface area contributed by atoms with E-state index >= 15 is 0 Å². The van der Waals surface area contributed by atoms with Gasteiger partial charge < -0.3 is 14.6 Å². The van der Waals surface area contributed by atoms with E-state index in [1.165, 1.54) is 25.7 Å². The van der Waals surface area contributed by atoms with Crippen LogP contribution in [0.1, 0.15) is 22.9 Å². The number of anilines is 3. The molecule has 1 N–H and O–H groups in total. The van der Waals surface area contributed by atoms with Crippen LogP contribution in [0.3, 0.4) is 0 Å². The van der Waals surface area contributed by atoms with Gasteiger partial charge in [0.25, 0.3) is 0 Å². The van der Waals surface area contributed by atoms with Crippen LogP contribution in [0.5, 0.6) is 0 Å². The fourth-order valence-corrected chi connectivity index (χ4v) is 9.22. The van der Waals surface area contributed by atoms with E-state index in [1.54, 1.807) is 0 Å². The minimum atomic E-state index is -0.336. The van der Waals surface area contributed by atoms with E-state index in [9.17, 15) is 0 Å². The molecule has 6 heteroatoms. The molecule has 5 nitrogen and oxygen atoms in total. The molecule has 3 heterocycles. The highest BCUT2D eigenvalue weighted by molar-refractivity contribution is 7.26. The predicted molar refractivity (Wildman–Crippen MR) is 239 cm³/mol. The van der Waals surface area contributed by atoms with Crippen LogP contribution in [0.25, 0.3) is 53.2 Å². The SMILES string of the molecule is c1ccc(C2=NC(c3ccccc3)NC(c3cc(N(c4ccc(-c5ccccc5)cc4)c4cccc5c4sc4ccccc45)c4c(c3)oc3ccccc34)=N2)cc1. The molecule has 0 saturated heterocycles. The third-order valence-electron chi connectivity index (χ3n) is 10.7. The van der Waals surface area contributed by atoms with Crippen molar-refractivity contribution < 1.29 is 4.42 Å². The summed E-state index contributed by atoms with van der Waals surface area (Å²) in [5.74, 6) is 1.40. The first-order chi connectivity index (χ1) is 28.2. The Morgan fingerprint density at radius 2 is 1.16 bits per heavy atom. The summed E-state index contributed by atoms with van der Waals surface area (Å²) >= 11 is 1.83. The highest BCUT2D eigenvalue weighted by Crippen LogP contribution is 2.48. The van der Waals surface area contributed by atoms with Crippen LogP contribution in [0, 0.1) is 0 Å². The van der Waals surface area contributed by atoms with E-state index in [4.69, 9.17) is 14.4 Å². The Bertz CT molecular complexity index is 3150. The molecule has 1 aliphatic rings. The number of nitrogens with one attached hydrogen (secondary N) is 1. The summed E-state index contributed by atoms with van der Waals surface area (Å²) in [5, 5.41) is 8.28. The molecule has 11 rings (SSSR count). The second kappa shape index (κ2) is 13.8. The molecule has 1 unspecified atom stereocenters. The molecule has 0 bridgehead atoms. The summed E-state index contributed by atoms with van der Waals surface area (Å²) in [5.41, 5.74) is 9.99. The summed E-state index contributed by atoms with van der Waals surface area (Å²) in [4.78, 5) is 12.8. The van der Waals surface area contributed by atoms with Crippen molar-refractivity contribution in [3.05, 3.63) is 211 Å². The molecule has 10 aromatic rings. The van der Waals surface area contributed by atoms with Crippen molar-refractivity contribution >= 4 is 82.2 Å². The number of para-hydroxylation sites is 1. The van der Waals surface area contributed by atoms with Gasteiger partial charge in [-0.2, -0.15) is 0 Å². The number of furan rings is 1. The fourth-order valence-electron chi connectivity index (χ4n) is 8.01. The maximum absolute atomic E-state index is 6.74. The van der Waals surface area contributed by atoms with Crippen LogP contribution in [0.4, 0.5) is 17.1 Å². The summed E-state index contributed by atoms with van der Waals surface area (Å²) in [6.45, 7) is 0. The van der Waals surface area contributed by atoms with E-state index in [0.29, 0.717) is 5.84 Å². The third kappa shape index (κ3) is 5.86. The Morgan fingerprint density at radius 1 is 0.509 bits per heavy atom. The zero-order valence-corrected chi connectivity index (χ0v) is 31.5. The van der Waals surface area contributed by atoms with Gasteiger partial charge >= 0.3 is 0 Å². The van der Waals surface area contributed by atoms with E-state index in [-0.39, 0.29) is 6.17 Å². The van der Waals surface area contributed by atoms with Gasteiger partial charge in [-0.15, -0.1) is 11.3 Å². The van der Waals surface area contributed by atoms with Crippen LogP contribution in [0.2, 0.25) is 0 Å². The van der Waals surface area contributed by atoms with Crippen LogP contribution >= 0.6 is 11.3 Å². The van der Waals surface area contributed by atoms with Crippen molar-refractivity contribution in [2.45, 2.75) is 6.17 Å². The van der Waals surface area contributed by atoms with Crippen LogP contribution < -0.4 is 10.2 Å². The molecule has 0 saturated carbocycles. The molecule has 8 aromatic carbocycles. The van der Waals surface area contributed by atoms with Crippen molar-refractivity contribution in [3.8, 4) is 11.1 Å². The zero-order chi connectivity index (χ0) is 37.7. The van der Waals surface area contributed by atoms with E-state index in [1.807, 2.05) is 59.9 Å². The standard InChI is InChI=1S/C51H34N4OS/c1-4-15-33(16-5-1)34-27-29-38(30-28-34)55(42-24-14-23-40-39-21-11-13-26-46(39)57-48(40)42)43-31-37(32-45-47(43)41-22-10-12-25-44(41)56-45)51-53-49(35-17-6-2-7-18-35)52-50(54-51)36-19-8-3-9-20-36/h1-32,49H,(H,52,53,54). The van der Waals surface area contributed by atoms with Gasteiger partial charge in [0, 0.05) is 37.7 Å². The number of rotatable bonds is 7. The van der Waals surface area contributed by atoms with Crippen molar-refractivity contribution in [3.63, 3.8) is 0 Å². The predicted octanol–water partition coefficient (Wildman–Crippen LogP) is 13.6. The van der Waals surface area contributed by atoms with Gasteiger partial charge in [-0.05, 0) is 59.2 Å². The zero-order valence-electron chi connectivity index (χ0n) is 30.7. The Balaban J connectivity index is 1.17. The minimum absolute atomic E-state index is 0.336. The smallest absolute Gasteiger partial charge is 0.159 e. The fraction of sp³-hybridized carbons (Fsp3) is 0.0196. The largest absolute Gasteiger partial charge is 0.456 e. The summed E-state index contributed by atoms with van der Waals surface area (Å²) in [6.07, 6.45) is -0.336. The van der Waals surface area contributed by atoms with E-state index < -0.39 is 0 Å². The van der Waals surface area contributed by atoms with Gasteiger partial charge in [0.05, 0.1) is 21.5 Å². The molecule has 2 aromatic heterocycles. The van der Waals surface area contributed by atoms with Gasteiger partial charge in [0.2, 0.25) is 0 Å². The molecule has 57 heavy (non-hydrogen) atoms. The maximum Gasteiger partial charge on any atom is 0.159 e. The number of aliphatic imine (C=N–C) groups is 2. The number of fused-ring (bicyclic) bond motifs is 6. The van der Waals surface area contributed by atoms with Gasteiger partial charge in [-0.25, -0.2) is 9.98 Å². The van der Waals surface area contributed by atoms with Crippen LogP contribution in [-0.2, 0) is 0 Å². The molecule has 1 atom stereocenters. The number of nitrogens with zero attached hydrogens (tertiary/aromatic N) is 3. The first-order valence-corrected chi connectivity index (χ1v) is 19.9. The Morgan fingerprint density at radius 3 is 1.95 bits per heavy atom. The first-order valence-electron chi connectivity index (χ1n) is 19.1. The lowest BCUT2D eigenvalue weighted by Crippen LogP contribution is -2.33. The average molecular weight is 751 g/mol. The number of thiophene rings is 1. The molecular weight excluding hydrogens is 717 g/mol. The second-order valence-corrected chi connectivity index (χ2v) is 15.3. The molecule has 0 amide bonds. The van der Waals surface area contributed by atoms with E-state index in [2.05, 4.69) is 156 Å². The molecule has 0 fully saturated rings. The molecule has 1 aliphatic heterocycles. The Labute approximate surface area is 333 Å². The number of hydrogen-bond donors (Lipinski definition) is 1. The van der Waals surface area contributed by atoms with Gasteiger partial charge in [0.1, 0.15) is 23.2 Å². The van der Waals surface area contributed by atoms with Crippen molar-refractivity contribution in [1.29, 1.82) is 0 Å². The average Bonchev–Trinajstić information content (AvgIpc) is 3.87. The lowest BCUT2D eigenvalue weighted by molar-refractivity contribution is 0.666. The highest BCUT2D eigenvalue weighted by atomic mass is 32.1. The quantitative estimate of drug-likeness (QED) is 0.176. The lowest BCUT2D eigenvalue weighted by atomic mass is 10.0. The maximum atomic E-state index is 6.74. The minimum Gasteiger partial charge on any atom is -0.456 e. The van der Waals surface area contributed by atoms with Crippen molar-refractivity contribution in [2.24, 2.45) is 9.98 Å². The van der Waals surface area contributed by atoms with E-state index in [0.717, 1.165) is 67.1 Å². The molecule has 270 valence electrons. The summed E-state index contributed by atoms with van der Waals surface area (Å²) < 4.78 is 9.22. The molecule has 0 radical (unpaired) electrons. The van der Waals surface area contributed by atoms with Gasteiger partial charge in [0.15, 0.2) is 5.84 Å². The van der Waals surface area contributed by atoms with Gasteiger partial charge in [-0.3, -0.25) is 0 Å². The second-order valence-electron chi connectivity index (χ2n) is 14.2. The Hall–Kier alpha value is -7.28. The highest BCUT2D eigenvalue weighted by Gasteiger charge is 2.27. The molecule has 0 spiro atoms. The van der Waals surface area contributed by atoms with Crippen LogP contribution in [-0.4, -0.2) is 11.7 Å². The monoisotopic (exact) mass is 750 g/mol. The van der Waals surface area contributed by atoms with Crippen molar-refractivity contribution in [2.75, 3.05) is 4.90 Å². The summed E-state index contributed by atoms with van der Waals surface area (Å²) in [6, 6.07) is 68.0. The van der Waals surface area contributed by atoms with Crippen molar-refractivity contribution in [1.82, 2.24) is 5.32 Å². The third-order valence-corrected chi connectivity index (χ3v) is 11.9. The number of hydrogen-bond acceptors (Lipinski definition) is 6. The van der Waals surface area contributed by atoms with Gasteiger partial charge in [-0.1, -0.05) is 152 Å². The molecular formula is C51H34N4OS. The number of amidine groups is 2. The topological polar surface area (TPSA) is 53.1 Å². The van der Waals surface area contributed by atoms with Crippen LogP contribution in [0.15, 0.2) is 209 Å². The number of benzene rings is 8. The first kappa shape index (κ1) is 33.1. The lowest BCUT2D eigenvalue weighted by Gasteiger charge is -2.28. The Kier molecular flexibility index (Phi) is 8.00.